The van der Waals surface area contributed by atoms with Crippen LogP contribution in [-0.2, 0) is 0 Å². The highest BCUT2D eigenvalue weighted by Gasteiger charge is 2.26. The maximum absolute atomic E-state index is 10.9. The molecule has 1 N–H and O–H groups in total. The van der Waals surface area contributed by atoms with Crippen LogP contribution in [0.5, 0.6) is 11.5 Å². The van der Waals surface area contributed by atoms with Gasteiger partial charge in [-0.3, -0.25) is 0 Å². The van der Waals surface area contributed by atoms with Crippen molar-refractivity contribution in [1.29, 1.82) is 0 Å². The molecule has 6 heteroatoms. The zero-order valence-electron chi connectivity index (χ0n) is 12.7. The molecule has 1 aromatic carbocycles. The van der Waals surface area contributed by atoms with Crippen LogP contribution < -0.4 is 9.47 Å². The van der Waals surface area contributed by atoms with Crippen molar-refractivity contribution in [2.75, 3.05) is 13.2 Å². The van der Waals surface area contributed by atoms with Gasteiger partial charge < -0.3 is 19.1 Å². The van der Waals surface area contributed by atoms with Gasteiger partial charge in [0.1, 0.15) is 0 Å². The number of hydrogen-bond donors (Lipinski definition) is 1. The Morgan fingerprint density at radius 2 is 1.82 bits per heavy atom. The molecule has 0 fully saturated rings. The van der Waals surface area contributed by atoms with Gasteiger partial charge in [-0.1, -0.05) is 19.0 Å². The Morgan fingerprint density at radius 1 is 1.18 bits per heavy atom. The minimum atomic E-state index is -1.12. The Balaban J connectivity index is 2.00. The normalized spacial score (nSPS) is 16.1. The molecule has 1 aliphatic heterocycles. The summed E-state index contributed by atoms with van der Waals surface area (Å²) >= 11 is 0. The molecule has 0 aliphatic carbocycles. The molecule has 0 amide bonds. The molecule has 1 aromatic heterocycles. The van der Waals surface area contributed by atoms with Crippen LogP contribution in [0.2, 0.25) is 0 Å². The summed E-state index contributed by atoms with van der Waals surface area (Å²) in [6.07, 6.45) is 0. The Hall–Kier alpha value is -2.50. The first-order chi connectivity index (χ1) is 10.4. The summed E-state index contributed by atoms with van der Waals surface area (Å²) in [5.74, 6) is 0.581. The maximum Gasteiger partial charge on any atom is 0.358 e. The number of benzene rings is 1. The molecule has 2 heterocycles. The summed E-state index contributed by atoms with van der Waals surface area (Å²) in [6, 6.07) is 5.08. The fourth-order valence-corrected chi connectivity index (χ4v) is 2.24. The van der Waals surface area contributed by atoms with Gasteiger partial charge in [-0.05, 0) is 24.6 Å². The summed E-state index contributed by atoms with van der Waals surface area (Å²) in [6.45, 7) is 7.16. The predicted octanol–water partition coefficient (Wildman–Crippen LogP) is 3.15. The molecule has 0 atom stereocenters. The number of aryl methyl sites for hydroxylation is 1. The van der Waals surface area contributed by atoms with E-state index in [1.165, 1.54) is 6.07 Å². The Bertz CT molecular complexity index is 732. The lowest BCUT2D eigenvalue weighted by atomic mass is 9.97. The van der Waals surface area contributed by atoms with Crippen LogP contribution in [0.1, 0.15) is 29.9 Å². The predicted molar refractivity (Wildman–Crippen MR) is 78.4 cm³/mol. The van der Waals surface area contributed by atoms with Crippen LogP contribution in [0.25, 0.3) is 11.3 Å². The van der Waals surface area contributed by atoms with E-state index >= 15 is 0 Å². The van der Waals surface area contributed by atoms with Crippen molar-refractivity contribution in [3.63, 3.8) is 0 Å². The van der Waals surface area contributed by atoms with E-state index in [0.717, 1.165) is 11.1 Å². The van der Waals surface area contributed by atoms with E-state index in [0.29, 0.717) is 30.5 Å². The zero-order valence-corrected chi connectivity index (χ0v) is 12.7. The van der Waals surface area contributed by atoms with Crippen LogP contribution >= 0.6 is 0 Å². The standard InChI is InChI=1S/C16H17NO5/c1-9-4-13-14(21-8-16(2,3)7-20-13)5-10(9)12-6-11(15(18)19)17-22-12/h4-6H,7-8H2,1-3H3,(H,18,19). The second kappa shape index (κ2) is 5.05. The van der Waals surface area contributed by atoms with Crippen LogP contribution in [0.15, 0.2) is 22.7 Å². The largest absolute Gasteiger partial charge is 0.489 e. The highest BCUT2D eigenvalue weighted by atomic mass is 16.5. The lowest BCUT2D eigenvalue weighted by molar-refractivity contribution is 0.0686. The molecule has 0 saturated heterocycles. The molecule has 1 aliphatic rings. The Morgan fingerprint density at radius 3 is 2.41 bits per heavy atom. The molecule has 116 valence electrons. The van der Waals surface area contributed by atoms with E-state index < -0.39 is 5.97 Å². The molecule has 0 saturated carbocycles. The quantitative estimate of drug-likeness (QED) is 0.917. The Labute approximate surface area is 127 Å². The number of aromatic carboxylic acids is 1. The lowest BCUT2D eigenvalue weighted by Crippen LogP contribution is -2.26. The van der Waals surface area contributed by atoms with E-state index in [4.69, 9.17) is 19.1 Å². The van der Waals surface area contributed by atoms with Crippen molar-refractivity contribution in [3.8, 4) is 22.8 Å². The molecule has 0 bridgehead atoms. The SMILES string of the molecule is Cc1cc2c(cc1-c1cc(C(=O)O)no1)OCC(C)(C)CO2. The number of carboxylic acids is 1. The molecule has 0 unspecified atom stereocenters. The minimum absolute atomic E-state index is 0.0736. The van der Waals surface area contributed by atoms with Crippen molar-refractivity contribution in [1.82, 2.24) is 5.16 Å². The average molecular weight is 303 g/mol. The fourth-order valence-electron chi connectivity index (χ4n) is 2.24. The van der Waals surface area contributed by atoms with Crippen LogP contribution in [0.3, 0.4) is 0 Å². The number of hydrogen-bond acceptors (Lipinski definition) is 5. The number of ether oxygens (including phenoxy) is 2. The third-order valence-corrected chi connectivity index (χ3v) is 3.52. The molecule has 3 rings (SSSR count). The van der Waals surface area contributed by atoms with Crippen molar-refractivity contribution < 1.29 is 23.9 Å². The number of aromatic nitrogens is 1. The summed E-state index contributed by atoms with van der Waals surface area (Å²) in [4.78, 5) is 10.9. The summed E-state index contributed by atoms with van der Waals surface area (Å²) < 4.78 is 16.8. The molecule has 22 heavy (non-hydrogen) atoms. The Kier molecular flexibility index (Phi) is 3.31. The van der Waals surface area contributed by atoms with Crippen LogP contribution in [0.4, 0.5) is 0 Å². The summed E-state index contributed by atoms with van der Waals surface area (Å²) in [7, 11) is 0. The van der Waals surface area contributed by atoms with Crippen LogP contribution in [0, 0.1) is 12.3 Å². The van der Waals surface area contributed by atoms with Crippen LogP contribution in [-0.4, -0.2) is 29.4 Å². The maximum atomic E-state index is 10.9. The van der Waals surface area contributed by atoms with Gasteiger partial charge >= 0.3 is 5.97 Å². The lowest BCUT2D eigenvalue weighted by Gasteiger charge is -2.19. The zero-order chi connectivity index (χ0) is 15.9. The molecular formula is C16H17NO5. The third-order valence-electron chi connectivity index (χ3n) is 3.52. The first-order valence-electron chi connectivity index (χ1n) is 6.96. The summed E-state index contributed by atoms with van der Waals surface area (Å²) in [5, 5.41) is 12.5. The average Bonchev–Trinajstić information content (AvgIpc) is 2.88. The van der Waals surface area contributed by atoms with Crippen molar-refractivity contribution in [2.24, 2.45) is 5.41 Å². The van der Waals surface area contributed by atoms with Gasteiger partial charge in [0.2, 0.25) is 0 Å². The molecule has 2 aromatic rings. The van der Waals surface area contributed by atoms with E-state index in [9.17, 15) is 4.79 Å². The van der Waals surface area contributed by atoms with Gasteiger partial charge in [0.25, 0.3) is 0 Å². The van der Waals surface area contributed by atoms with Gasteiger partial charge in [0.15, 0.2) is 23.0 Å². The van der Waals surface area contributed by atoms with Gasteiger partial charge in [-0.2, -0.15) is 0 Å². The fraction of sp³-hybridized carbons (Fsp3) is 0.375. The molecular weight excluding hydrogens is 286 g/mol. The van der Waals surface area contributed by atoms with E-state index in [2.05, 4.69) is 19.0 Å². The van der Waals surface area contributed by atoms with E-state index in [-0.39, 0.29) is 11.1 Å². The van der Waals surface area contributed by atoms with Crippen molar-refractivity contribution in [2.45, 2.75) is 20.8 Å². The first-order valence-corrected chi connectivity index (χ1v) is 6.96. The van der Waals surface area contributed by atoms with Crippen molar-refractivity contribution in [3.05, 3.63) is 29.5 Å². The highest BCUT2D eigenvalue weighted by Crippen LogP contribution is 2.39. The van der Waals surface area contributed by atoms with E-state index in [1.54, 1.807) is 6.07 Å². The monoisotopic (exact) mass is 303 g/mol. The number of carboxylic acid groups (broad SMARTS) is 1. The number of nitrogens with zero attached hydrogens (tertiary/aromatic N) is 1. The van der Waals surface area contributed by atoms with Gasteiger partial charge in [-0.25, -0.2) is 4.79 Å². The van der Waals surface area contributed by atoms with E-state index in [1.807, 2.05) is 13.0 Å². The molecule has 0 spiro atoms. The van der Waals surface area contributed by atoms with Gasteiger partial charge in [0.05, 0.1) is 13.2 Å². The third kappa shape index (κ3) is 2.64. The molecule has 0 radical (unpaired) electrons. The number of rotatable bonds is 2. The minimum Gasteiger partial charge on any atom is -0.489 e. The second-order valence-electron chi connectivity index (χ2n) is 6.24. The van der Waals surface area contributed by atoms with Gasteiger partial charge in [-0.15, -0.1) is 0 Å². The van der Waals surface area contributed by atoms with Gasteiger partial charge in [0, 0.05) is 17.0 Å². The number of fused-ring (bicyclic) bond motifs is 1. The topological polar surface area (TPSA) is 81.8 Å². The smallest absolute Gasteiger partial charge is 0.358 e. The first kappa shape index (κ1) is 14.4. The van der Waals surface area contributed by atoms with Crippen molar-refractivity contribution >= 4 is 5.97 Å². The second-order valence-corrected chi connectivity index (χ2v) is 6.24. The summed E-state index contributed by atoms with van der Waals surface area (Å²) in [5.41, 5.74) is 1.44. The highest BCUT2D eigenvalue weighted by molar-refractivity contribution is 5.86. The molecule has 6 nitrogen and oxygen atoms in total. The number of carbonyl (C=O) groups is 1.